The number of sulfone groups is 1. The van der Waals surface area contributed by atoms with Crippen molar-refractivity contribution in [1.82, 2.24) is 0 Å². The standard InChI is InChI=1S/C21H22N2O3S/c1-15(19-12-5-8-16-7-3-4-11-20(16)19)22-14-21(24)23-17-9-6-10-18(13-17)27(2,25)26/h3-13,15,22H,14H2,1-2H3,(H,23,24)/p+1/t15-/m1/s1. The Balaban J connectivity index is 1.65. The fourth-order valence-corrected chi connectivity index (χ4v) is 3.74. The summed E-state index contributed by atoms with van der Waals surface area (Å²) in [6.45, 7) is 2.31. The fourth-order valence-electron chi connectivity index (χ4n) is 3.07. The number of nitrogens with one attached hydrogen (secondary N) is 1. The number of anilines is 1. The second-order valence-electron chi connectivity index (χ2n) is 6.65. The third-order valence-electron chi connectivity index (χ3n) is 4.52. The summed E-state index contributed by atoms with van der Waals surface area (Å²) in [7, 11) is -3.30. The zero-order valence-electron chi connectivity index (χ0n) is 15.3. The van der Waals surface area contributed by atoms with E-state index < -0.39 is 9.84 Å². The van der Waals surface area contributed by atoms with Crippen molar-refractivity contribution in [3.8, 4) is 0 Å². The van der Waals surface area contributed by atoms with Crippen molar-refractivity contribution >= 4 is 32.2 Å². The van der Waals surface area contributed by atoms with Crippen LogP contribution >= 0.6 is 0 Å². The van der Waals surface area contributed by atoms with Crippen molar-refractivity contribution in [1.29, 1.82) is 0 Å². The van der Waals surface area contributed by atoms with Crippen molar-refractivity contribution in [2.75, 3.05) is 18.1 Å². The number of carbonyl (C=O) groups is 1. The Morgan fingerprint density at radius 3 is 2.52 bits per heavy atom. The Labute approximate surface area is 159 Å². The summed E-state index contributed by atoms with van der Waals surface area (Å²) in [5, 5.41) is 7.10. The fraction of sp³-hybridized carbons (Fsp3) is 0.190. The van der Waals surface area contributed by atoms with Gasteiger partial charge in [0, 0.05) is 17.5 Å². The van der Waals surface area contributed by atoms with E-state index in [-0.39, 0.29) is 23.4 Å². The number of fused-ring (bicyclic) bond motifs is 1. The van der Waals surface area contributed by atoms with Crippen molar-refractivity contribution < 1.29 is 18.5 Å². The number of carbonyl (C=O) groups excluding carboxylic acids is 1. The van der Waals surface area contributed by atoms with E-state index in [0.29, 0.717) is 5.69 Å². The molecule has 0 aliphatic carbocycles. The van der Waals surface area contributed by atoms with Crippen LogP contribution in [0.5, 0.6) is 0 Å². The second-order valence-corrected chi connectivity index (χ2v) is 8.66. The molecule has 1 amide bonds. The van der Waals surface area contributed by atoms with Crippen LogP contribution in [0.25, 0.3) is 10.8 Å². The first-order chi connectivity index (χ1) is 12.8. The summed E-state index contributed by atoms with van der Waals surface area (Å²) in [5.74, 6) is -0.173. The largest absolute Gasteiger partial charge is 0.332 e. The van der Waals surface area contributed by atoms with Crippen molar-refractivity contribution in [3.05, 3.63) is 72.3 Å². The van der Waals surface area contributed by atoms with Gasteiger partial charge < -0.3 is 10.6 Å². The molecule has 0 unspecified atom stereocenters. The Morgan fingerprint density at radius 1 is 1.04 bits per heavy atom. The van der Waals surface area contributed by atoms with E-state index in [0.717, 1.165) is 6.26 Å². The summed E-state index contributed by atoms with van der Waals surface area (Å²) >= 11 is 0. The quantitative estimate of drug-likeness (QED) is 0.686. The minimum atomic E-state index is -3.30. The lowest BCUT2D eigenvalue weighted by Crippen LogP contribution is -2.86. The van der Waals surface area contributed by atoms with Crippen LogP contribution in [0.4, 0.5) is 5.69 Å². The summed E-state index contributed by atoms with van der Waals surface area (Å²) < 4.78 is 23.3. The summed E-state index contributed by atoms with van der Waals surface area (Å²) in [6, 6.07) is 20.8. The van der Waals surface area contributed by atoms with Gasteiger partial charge in [-0.3, -0.25) is 4.79 Å². The van der Waals surface area contributed by atoms with Crippen molar-refractivity contribution in [2.24, 2.45) is 0 Å². The molecule has 6 heteroatoms. The van der Waals surface area contributed by atoms with Gasteiger partial charge in [0.1, 0.15) is 6.04 Å². The lowest BCUT2D eigenvalue weighted by atomic mass is 10.00. The van der Waals surface area contributed by atoms with Crippen LogP contribution in [0, 0.1) is 0 Å². The van der Waals surface area contributed by atoms with Gasteiger partial charge in [-0.2, -0.15) is 0 Å². The molecule has 0 spiro atoms. The minimum Gasteiger partial charge on any atom is -0.332 e. The van der Waals surface area contributed by atoms with Crippen LogP contribution in [0.15, 0.2) is 71.6 Å². The SMILES string of the molecule is C[C@@H]([NH2+]CC(=O)Nc1cccc(S(C)(=O)=O)c1)c1cccc2ccccc12. The number of amides is 1. The molecular formula is C21H23N2O3S+. The number of benzene rings is 3. The molecule has 0 fully saturated rings. The highest BCUT2D eigenvalue weighted by atomic mass is 32.2. The van der Waals surface area contributed by atoms with Gasteiger partial charge in [-0.05, 0) is 35.9 Å². The van der Waals surface area contributed by atoms with E-state index in [1.54, 1.807) is 12.1 Å². The molecule has 140 valence electrons. The predicted octanol–water partition coefficient (Wildman–Crippen LogP) is 2.51. The first-order valence-corrected chi connectivity index (χ1v) is 10.6. The van der Waals surface area contributed by atoms with Crippen molar-refractivity contribution in [2.45, 2.75) is 17.9 Å². The van der Waals surface area contributed by atoms with Gasteiger partial charge in [-0.1, -0.05) is 48.5 Å². The highest BCUT2D eigenvalue weighted by Gasteiger charge is 2.15. The predicted molar refractivity (Wildman–Crippen MR) is 107 cm³/mol. The molecule has 3 aromatic rings. The number of hydrogen-bond donors (Lipinski definition) is 2. The van der Waals surface area contributed by atoms with E-state index in [4.69, 9.17) is 0 Å². The highest BCUT2D eigenvalue weighted by Crippen LogP contribution is 2.22. The average molecular weight is 383 g/mol. The molecular weight excluding hydrogens is 360 g/mol. The normalized spacial score (nSPS) is 12.7. The van der Waals surface area contributed by atoms with Crippen LogP contribution < -0.4 is 10.6 Å². The molecule has 0 heterocycles. The van der Waals surface area contributed by atoms with Gasteiger partial charge in [0.2, 0.25) is 0 Å². The third-order valence-corrected chi connectivity index (χ3v) is 5.63. The highest BCUT2D eigenvalue weighted by molar-refractivity contribution is 7.90. The maximum absolute atomic E-state index is 12.3. The lowest BCUT2D eigenvalue weighted by Gasteiger charge is -2.14. The monoisotopic (exact) mass is 383 g/mol. The van der Waals surface area contributed by atoms with Gasteiger partial charge >= 0.3 is 0 Å². The molecule has 0 aromatic heterocycles. The molecule has 0 saturated heterocycles. The van der Waals surface area contributed by atoms with Gasteiger partial charge in [0.25, 0.3) is 5.91 Å². The molecule has 5 nitrogen and oxygen atoms in total. The summed E-state index contributed by atoms with van der Waals surface area (Å²) in [6.07, 6.45) is 1.15. The molecule has 0 bridgehead atoms. The zero-order valence-corrected chi connectivity index (χ0v) is 16.2. The van der Waals surface area contributed by atoms with Crippen LogP contribution in [-0.4, -0.2) is 27.1 Å². The topological polar surface area (TPSA) is 79.8 Å². The van der Waals surface area contributed by atoms with Crippen LogP contribution in [-0.2, 0) is 14.6 Å². The van der Waals surface area contributed by atoms with Gasteiger partial charge in [-0.15, -0.1) is 0 Å². The molecule has 3 aromatic carbocycles. The maximum atomic E-state index is 12.3. The minimum absolute atomic E-state index is 0.115. The Hall–Kier alpha value is -2.70. The smallest absolute Gasteiger partial charge is 0.279 e. The van der Waals surface area contributed by atoms with Crippen molar-refractivity contribution in [3.63, 3.8) is 0 Å². The van der Waals surface area contributed by atoms with Crippen LogP contribution in [0.2, 0.25) is 0 Å². The van der Waals surface area contributed by atoms with Gasteiger partial charge in [0.15, 0.2) is 16.4 Å². The summed E-state index contributed by atoms with van der Waals surface area (Å²) in [5.41, 5.74) is 1.66. The van der Waals surface area contributed by atoms with E-state index in [1.165, 1.54) is 28.5 Å². The molecule has 3 rings (SSSR count). The molecule has 3 N–H and O–H groups in total. The molecule has 1 atom stereocenters. The van der Waals surface area contributed by atoms with E-state index in [2.05, 4.69) is 36.5 Å². The molecule has 0 saturated carbocycles. The number of hydrogen-bond acceptors (Lipinski definition) is 3. The maximum Gasteiger partial charge on any atom is 0.279 e. The van der Waals surface area contributed by atoms with Crippen LogP contribution in [0.3, 0.4) is 0 Å². The van der Waals surface area contributed by atoms with E-state index in [1.807, 2.05) is 23.5 Å². The molecule has 0 aliphatic heterocycles. The van der Waals surface area contributed by atoms with E-state index in [9.17, 15) is 13.2 Å². The van der Waals surface area contributed by atoms with Crippen LogP contribution in [0.1, 0.15) is 18.5 Å². The number of quaternary nitrogens is 1. The summed E-state index contributed by atoms with van der Waals surface area (Å²) in [4.78, 5) is 12.5. The Morgan fingerprint density at radius 2 is 1.74 bits per heavy atom. The zero-order chi connectivity index (χ0) is 19.4. The van der Waals surface area contributed by atoms with Gasteiger partial charge in [-0.25, -0.2) is 8.42 Å². The first kappa shape index (κ1) is 19.1. The van der Waals surface area contributed by atoms with E-state index >= 15 is 0 Å². The number of nitrogens with two attached hydrogens (primary N) is 1. The molecule has 0 aliphatic rings. The molecule has 0 radical (unpaired) electrons. The average Bonchev–Trinajstić information content (AvgIpc) is 2.65. The van der Waals surface area contributed by atoms with Gasteiger partial charge in [0.05, 0.1) is 4.90 Å². The Bertz CT molecular complexity index is 1070. The lowest BCUT2D eigenvalue weighted by molar-refractivity contribution is -0.682. The first-order valence-electron chi connectivity index (χ1n) is 8.75. The molecule has 27 heavy (non-hydrogen) atoms. The third kappa shape index (κ3) is 4.72. The Kier molecular flexibility index (Phi) is 5.58. The second kappa shape index (κ2) is 7.90. The number of rotatable bonds is 6.